The van der Waals surface area contributed by atoms with E-state index in [0.29, 0.717) is 17.5 Å². The molecule has 0 atom stereocenters. The molecule has 1 aliphatic carbocycles. The van der Waals surface area contributed by atoms with Crippen molar-refractivity contribution in [3.8, 4) is 67.5 Å². The number of nitrogens with zero attached hydrogens (tertiary/aromatic N) is 4. The van der Waals surface area contributed by atoms with Gasteiger partial charge in [-0.3, -0.25) is 4.98 Å². The molecule has 0 bridgehead atoms. The quantitative estimate of drug-likeness (QED) is 0.181. The fourth-order valence-corrected chi connectivity index (χ4v) is 8.94. The van der Waals surface area contributed by atoms with Crippen LogP contribution in [0.5, 0.6) is 0 Å². The van der Waals surface area contributed by atoms with Gasteiger partial charge in [0.05, 0.1) is 0 Å². The van der Waals surface area contributed by atoms with Crippen LogP contribution in [-0.2, 0) is 5.41 Å². The maximum absolute atomic E-state index is 5.31. The molecule has 0 saturated heterocycles. The molecule has 0 amide bonds. The van der Waals surface area contributed by atoms with Crippen molar-refractivity contribution in [2.75, 3.05) is 0 Å². The number of hydrogen-bond acceptors (Lipinski definition) is 5. The molecule has 0 spiro atoms. The van der Waals surface area contributed by atoms with E-state index < -0.39 is 0 Å². The first-order valence-electron chi connectivity index (χ1n) is 17.5. The van der Waals surface area contributed by atoms with Crippen LogP contribution >= 0.6 is 11.3 Å². The number of pyridine rings is 1. The van der Waals surface area contributed by atoms with E-state index in [-0.39, 0.29) is 5.41 Å². The minimum Gasteiger partial charge on any atom is -0.265 e. The summed E-state index contributed by atoms with van der Waals surface area (Å²) in [5.74, 6) is 1.99. The first kappa shape index (κ1) is 30.5. The zero-order chi connectivity index (χ0) is 34.8. The maximum atomic E-state index is 5.31. The summed E-state index contributed by atoms with van der Waals surface area (Å²) in [6.45, 7) is 4.62. The lowest BCUT2D eigenvalue weighted by Gasteiger charge is -2.21. The smallest absolute Gasteiger partial charge is 0.165 e. The topological polar surface area (TPSA) is 51.6 Å². The summed E-state index contributed by atoms with van der Waals surface area (Å²) >= 11 is 1.79. The fraction of sp³-hybridized carbons (Fsp3) is 0.0638. The summed E-state index contributed by atoms with van der Waals surface area (Å²) in [5.41, 5.74) is 12.6. The second-order valence-corrected chi connectivity index (χ2v) is 15.0. The summed E-state index contributed by atoms with van der Waals surface area (Å²) < 4.78 is 2.40. The van der Waals surface area contributed by atoms with Crippen molar-refractivity contribution in [1.29, 1.82) is 0 Å². The van der Waals surface area contributed by atoms with Crippen LogP contribution in [-0.4, -0.2) is 19.9 Å². The van der Waals surface area contributed by atoms with Crippen molar-refractivity contribution in [2.45, 2.75) is 19.3 Å². The van der Waals surface area contributed by atoms with Crippen molar-refractivity contribution >= 4 is 31.5 Å². The molecule has 9 aromatic rings. The normalized spacial score (nSPS) is 13.0. The number of hydrogen-bond donors (Lipinski definition) is 0. The molecule has 3 heterocycles. The van der Waals surface area contributed by atoms with Crippen LogP contribution < -0.4 is 0 Å². The highest BCUT2D eigenvalue weighted by molar-refractivity contribution is 7.26. The number of benzene rings is 6. The van der Waals surface area contributed by atoms with Gasteiger partial charge in [0.15, 0.2) is 17.5 Å². The lowest BCUT2D eigenvalue weighted by atomic mass is 9.82. The highest BCUT2D eigenvalue weighted by atomic mass is 32.1. The van der Waals surface area contributed by atoms with Crippen molar-refractivity contribution in [1.82, 2.24) is 19.9 Å². The summed E-state index contributed by atoms with van der Waals surface area (Å²) in [5, 5.41) is 2.43. The van der Waals surface area contributed by atoms with Gasteiger partial charge in [0.25, 0.3) is 0 Å². The molecule has 0 aliphatic heterocycles. The molecule has 6 aromatic carbocycles. The van der Waals surface area contributed by atoms with E-state index in [0.717, 1.165) is 38.9 Å². The fourth-order valence-electron chi connectivity index (χ4n) is 7.74. The second kappa shape index (κ2) is 11.9. The average Bonchev–Trinajstić information content (AvgIpc) is 3.70. The highest BCUT2D eigenvalue weighted by Crippen LogP contribution is 2.49. The number of aromatic nitrogens is 4. The van der Waals surface area contributed by atoms with Crippen LogP contribution in [0.4, 0.5) is 0 Å². The molecule has 0 radical (unpaired) electrons. The molecule has 10 rings (SSSR count). The van der Waals surface area contributed by atoms with Crippen molar-refractivity contribution < 1.29 is 0 Å². The molecule has 0 N–H and O–H groups in total. The summed E-state index contributed by atoms with van der Waals surface area (Å²) in [4.78, 5) is 19.9. The Morgan fingerprint density at radius 1 is 0.423 bits per heavy atom. The molecule has 1 aliphatic rings. The van der Waals surface area contributed by atoms with Crippen LogP contribution in [0.3, 0.4) is 0 Å². The molecule has 52 heavy (non-hydrogen) atoms. The highest BCUT2D eigenvalue weighted by Gasteiger charge is 2.35. The van der Waals surface area contributed by atoms with Crippen LogP contribution in [0.2, 0.25) is 0 Å². The Labute approximate surface area is 306 Å². The Kier molecular flexibility index (Phi) is 6.98. The Morgan fingerprint density at radius 3 is 1.85 bits per heavy atom. The summed E-state index contributed by atoms with van der Waals surface area (Å²) in [6, 6.07) is 51.7. The van der Waals surface area contributed by atoms with Gasteiger partial charge in [-0.05, 0) is 80.9 Å². The van der Waals surface area contributed by atoms with Gasteiger partial charge in [0.2, 0.25) is 0 Å². The maximum Gasteiger partial charge on any atom is 0.165 e. The largest absolute Gasteiger partial charge is 0.265 e. The molecule has 4 nitrogen and oxygen atoms in total. The van der Waals surface area contributed by atoms with E-state index in [1.54, 1.807) is 11.3 Å². The van der Waals surface area contributed by atoms with E-state index in [1.807, 2.05) is 42.7 Å². The summed E-state index contributed by atoms with van der Waals surface area (Å²) in [6.07, 6.45) is 3.67. The van der Waals surface area contributed by atoms with Crippen LogP contribution in [0.25, 0.3) is 87.7 Å². The summed E-state index contributed by atoms with van der Waals surface area (Å²) in [7, 11) is 0. The average molecular weight is 685 g/mol. The number of rotatable bonds is 5. The van der Waals surface area contributed by atoms with Gasteiger partial charge < -0.3 is 0 Å². The van der Waals surface area contributed by atoms with Gasteiger partial charge in [-0.15, -0.1) is 11.3 Å². The van der Waals surface area contributed by atoms with Gasteiger partial charge >= 0.3 is 0 Å². The predicted octanol–water partition coefficient (Wildman–Crippen LogP) is 12.3. The van der Waals surface area contributed by atoms with Crippen LogP contribution in [0.15, 0.2) is 158 Å². The van der Waals surface area contributed by atoms with Crippen molar-refractivity contribution in [3.05, 3.63) is 169 Å². The predicted molar refractivity (Wildman–Crippen MR) is 215 cm³/mol. The second-order valence-electron chi connectivity index (χ2n) is 13.9. The monoisotopic (exact) mass is 684 g/mol. The van der Waals surface area contributed by atoms with Gasteiger partial charge in [0, 0.05) is 54.7 Å². The van der Waals surface area contributed by atoms with E-state index in [2.05, 4.69) is 134 Å². The Hall–Kier alpha value is -6.30. The van der Waals surface area contributed by atoms with Crippen LogP contribution in [0, 0.1) is 0 Å². The zero-order valence-electron chi connectivity index (χ0n) is 28.7. The van der Waals surface area contributed by atoms with Gasteiger partial charge in [-0.2, -0.15) is 0 Å². The lowest BCUT2D eigenvalue weighted by molar-refractivity contribution is 0.660. The Bertz CT molecular complexity index is 2800. The number of thiophene rings is 1. The van der Waals surface area contributed by atoms with E-state index in [9.17, 15) is 0 Å². The third-order valence-corrected chi connectivity index (χ3v) is 11.7. The minimum absolute atomic E-state index is 0.134. The van der Waals surface area contributed by atoms with Gasteiger partial charge in [0.1, 0.15) is 0 Å². The van der Waals surface area contributed by atoms with E-state index in [1.165, 1.54) is 42.4 Å². The molecule has 3 aromatic heterocycles. The third-order valence-electron chi connectivity index (χ3n) is 10.5. The van der Waals surface area contributed by atoms with Crippen molar-refractivity contribution in [3.63, 3.8) is 0 Å². The van der Waals surface area contributed by atoms with E-state index >= 15 is 0 Å². The molecule has 246 valence electrons. The minimum atomic E-state index is -0.134. The van der Waals surface area contributed by atoms with Crippen LogP contribution in [0.1, 0.15) is 25.0 Å². The molecule has 5 heteroatoms. The zero-order valence-corrected chi connectivity index (χ0v) is 29.5. The molecule has 0 fully saturated rings. The number of fused-ring (bicyclic) bond motifs is 6. The molecule has 0 saturated carbocycles. The van der Waals surface area contributed by atoms with E-state index in [4.69, 9.17) is 15.0 Å². The first-order chi connectivity index (χ1) is 25.5. The Morgan fingerprint density at radius 2 is 1.04 bits per heavy atom. The van der Waals surface area contributed by atoms with Gasteiger partial charge in [-0.1, -0.05) is 123 Å². The standard InChI is InChI=1S/C47H32N4S/c1-47(2)40-14-8-6-12-35(40)36-21-20-33(28-41(36)47)45-49-44(32-10-4-3-5-11-32)50-46(51-45)39-27-34(26-38-37-13-7-9-15-42(37)52-43(38)39)30-18-16-29(17-19-30)31-22-24-48-25-23-31/h3-28H,1-2H3. The van der Waals surface area contributed by atoms with Crippen molar-refractivity contribution in [2.24, 2.45) is 0 Å². The SMILES string of the molecule is CC1(C)c2ccccc2-c2ccc(-c3nc(-c4ccccc4)nc(-c4cc(-c5ccc(-c6ccncc6)cc5)cc5c4sc4ccccc45)n3)cc21. The third kappa shape index (κ3) is 4.96. The van der Waals surface area contributed by atoms with Gasteiger partial charge in [-0.25, -0.2) is 15.0 Å². The molecular formula is C47H32N4S. The Balaban J connectivity index is 1.18. The molecule has 0 unspecified atom stereocenters. The first-order valence-corrected chi connectivity index (χ1v) is 18.4. The lowest BCUT2D eigenvalue weighted by Crippen LogP contribution is -2.15. The molecular weight excluding hydrogens is 653 g/mol.